The van der Waals surface area contributed by atoms with Gasteiger partial charge in [0.1, 0.15) is 5.82 Å². The minimum absolute atomic E-state index is 0.108. The minimum Gasteiger partial charge on any atom is -0.342 e. The van der Waals surface area contributed by atoms with E-state index in [1.165, 1.54) is 9.87 Å². The highest BCUT2D eigenvalue weighted by atomic mass is 32.2. The fourth-order valence-electron chi connectivity index (χ4n) is 3.82. The third-order valence-electron chi connectivity index (χ3n) is 5.78. The van der Waals surface area contributed by atoms with Gasteiger partial charge in [-0.3, -0.25) is 0 Å². The quantitative estimate of drug-likeness (QED) is 0.642. The number of halogens is 3. The molecule has 5 nitrogen and oxygen atoms in total. The molecule has 1 N–H and O–H groups in total. The highest BCUT2D eigenvalue weighted by Gasteiger charge is 2.33. The average molecular weight is 437 g/mol. The molecule has 0 unspecified atom stereocenters. The van der Waals surface area contributed by atoms with Crippen LogP contribution in [0.25, 0.3) is 11.0 Å². The van der Waals surface area contributed by atoms with Gasteiger partial charge in [0.2, 0.25) is 10.0 Å². The Morgan fingerprint density at radius 1 is 1.03 bits per heavy atom. The van der Waals surface area contributed by atoms with Crippen molar-refractivity contribution in [1.82, 2.24) is 14.3 Å². The van der Waals surface area contributed by atoms with E-state index in [2.05, 4.69) is 16.0 Å². The molecule has 4 rings (SSSR count). The third kappa shape index (κ3) is 3.83. The number of hydrogen-bond acceptors (Lipinski definition) is 3. The van der Waals surface area contributed by atoms with Gasteiger partial charge >= 0.3 is 6.18 Å². The molecule has 0 atom stereocenters. The van der Waals surface area contributed by atoms with Gasteiger partial charge in [0.15, 0.2) is 0 Å². The average Bonchev–Trinajstić information content (AvgIpc) is 3.10. The predicted octanol–water partition coefficient (Wildman–Crippen LogP) is 4.77. The number of alkyl halides is 3. The number of H-pyrrole nitrogens is 1. The molecule has 2 heterocycles. The standard InChI is InChI=1S/C21H22F3N3O2S/c1-13-11-18-19(12-14(13)2)26-20(25-18)15-7-9-27(10-8-15)30(28,29)17-5-3-16(4-6-17)21(22,23)24/h3-6,11-12,15H,7-10H2,1-2H3,(H,25,26). The lowest BCUT2D eigenvalue weighted by atomic mass is 9.97. The number of piperidine rings is 1. The van der Waals surface area contributed by atoms with E-state index >= 15 is 0 Å². The molecule has 0 amide bonds. The zero-order valence-corrected chi connectivity index (χ0v) is 17.4. The number of hydrogen-bond donors (Lipinski definition) is 1. The molecule has 0 aliphatic carbocycles. The number of aromatic nitrogens is 2. The normalized spacial score (nSPS) is 17.0. The second kappa shape index (κ2) is 7.39. The minimum atomic E-state index is -4.50. The van der Waals surface area contributed by atoms with E-state index in [9.17, 15) is 21.6 Å². The Balaban J connectivity index is 1.48. The van der Waals surface area contributed by atoms with Crippen LogP contribution in [0.15, 0.2) is 41.3 Å². The van der Waals surface area contributed by atoms with E-state index in [0.717, 1.165) is 46.7 Å². The van der Waals surface area contributed by atoms with Crippen LogP contribution in [0, 0.1) is 13.8 Å². The van der Waals surface area contributed by atoms with Crippen LogP contribution in [0.5, 0.6) is 0 Å². The van der Waals surface area contributed by atoms with Crippen molar-refractivity contribution in [3.63, 3.8) is 0 Å². The topological polar surface area (TPSA) is 66.1 Å². The van der Waals surface area contributed by atoms with E-state index in [1.54, 1.807) is 0 Å². The number of rotatable bonds is 3. The van der Waals surface area contributed by atoms with Crippen molar-refractivity contribution in [3.8, 4) is 0 Å². The smallest absolute Gasteiger partial charge is 0.342 e. The lowest BCUT2D eigenvalue weighted by molar-refractivity contribution is -0.137. The van der Waals surface area contributed by atoms with E-state index in [1.807, 2.05) is 19.9 Å². The number of benzene rings is 2. The number of imidazole rings is 1. The zero-order valence-electron chi connectivity index (χ0n) is 16.6. The maximum absolute atomic E-state index is 12.8. The molecule has 0 spiro atoms. The molecule has 0 bridgehead atoms. The van der Waals surface area contributed by atoms with Crippen molar-refractivity contribution in [2.75, 3.05) is 13.1 Å². The molecule has 1 aromatic heterocycles. The van der Waals surface area contributed by atoms with Crippen LogP contribution in [0.1, 0.15) is 41.3 Å². The van der Waals surface area contributed by atoms with E-state index in [0.29, 0.717) is 25.9 Å². The second-order valence-corrected chi connectivity index (χ2v) is 9.71. The lowest BCUT2D eigenvalue weighted by Crippen LogP contribution is -2.38. The van der Waals surface area contributed by atoms with E-state index in [4.69, 9.17) is 0 Å². The molecule has 1 fully saturated rings. The fourth-order valence-corrected chi connectivity index (χ4v) is 5.29. The molecular formula is C21H22F3N3O2S. The highest BCUT2D eigenvalue weighted by Crippen LogP contribution is 2.33. The third-order valence-corrected chi connectivity index (χ3v) is 7.69. The maximum atomic E-state index is 12.8. The van der Waals surface area contributed by atoms with Crippen LogP contribution in [0.4, 0.5) is 13.2 Å². The fraction of sp³-hybridized carbons (Fsp3) is 0.381. The van der Waals surface area contributed by atoms with Gasteiger partial charge in [-0.05, 0) is 74.2 Å². The summed E-state index contributed by atoms with van der Waals surface area (Å²) in [6.07, 6.45) is -3.31. The SMILES string of the molecule is Cc1cc2nc(C3CCN(S(=O)(=O)c4ccc(C(F)(F)F)cc4)CC3)[nH]c2cc1C. The molecule has 3 aromatic rings. The molecule has 1 aliphatic rings. The lowest BCUT2D eigenvalue weighted by Gasteiger charge is -2.30. The van der Waals surface area contributed by atoms with Crippen molar-refractivity contribution in [2.24, 2.45) is 0 Å². The van der Waals surface area contributed by atoms with Gasteiger partial charge in [0, 0.05) is 19.0 Å². The molecule has 1 saturated heterocycles. The summed E-state index contributed by atoms with van der Waals surface area (Å²) in [4.78, 5) is 7.92. The Morgan fingerprint density at radius 3 is 2.23 bits per heavy atom. The van der Waals surface area contributed by atoms with Crippen LogP contribution in [0.3, 0.4) is 0 Å². The van der Waals surface area contributed by atoms with Crippen LogP contribution in [0.2, 0.25) is 0 Å². The van der Waals surface area contributed by atoms with Crippen LogP contribution in [-0.2, 0) is 16.2 Å². The van der Waals surface area contributed by atoms with Crippen molar-refractivity contribution < 1.29 is 21.6 Å². The summed E-state index contributed by atoms with van der Waals surface area (Å²) >= 11 is 0. The molecule has 0 saturated carbocycles. The first kappa shape index (κ1) is 20.9. The van der Waals surface area contributed by atoms with Gasteiger partial charge < -0.3 is 4.98 Å². The van der Waals surface area contributed by atoms with Crippen LogP contribution in [-0.4, -0.2) is 35.8 Å². The van der Waals surface area contributed by atoms with Gasteiger partial charge in [-0.25, -0.2) is 13.4 Å². The Morgan fingerprint density at radius 2 is 1.63 bits per heavy atom. The Kier molecular flexibility index (Phi) is 5.14. The number of nitrogens with zero attached hydrogens (tertiary/aromatic N) is 2. The molecule has 0 radical (unpaired) electrons. The Bertz CT molecular complexity index is 1140. The van der Waals surface area contributed by atoms with Crippen molar-refractivity contribution in [1.29, 1.82) is 0 Å². The first-order valence-electron chi connectivity index (χ1n) is 9.70. The Labute approximate surface area is 173 Å². The van der Waals surface area contributed by atoms with Crippen molar-refractivity contribution >= 4 is 21.1 Å². The molecule has 30 heavy (non-hydrogen) atoms. The number of sulfonamides is 1. The summed E-state index contributed by atoms with van der Waals surface area (Å²) in [6, 6.07) is 7.75. The molecule has 2 aromatic carbocycles. The van der Waals surface area contributed by atoms with E-state index < -0.39 is 21.8 Å². The molecule has 160 valence electrons. The van der Waals surface area contributed by atoms with E-state index in [-0.39, 0.29) is 10.8 Å². The number of fused-ring (bicyclic) bond motifs is 1. The number of aromatic amines is 1. The highest BCUT2D eigenvalue weighted by molar-refractivity contribution is 7.89. The summed E-state index contributed by atoms with van der Waals surface area (Å²) in [5.74, 6) is 0.957. The second-order valence-electron chi connectivity index (χ2n) is 7.78. The maximum Gasteiger partial charge on any atom is 0.416 e. The monoisotopic (exact) mass is 437 g/mol. The summed E-state index contributed by atoms with van der Waals surface area (Å²) in [5.41, 5.74) is 3.34. The largest absolute Gasteiger partial charge is 0.416 e. The van der Waals surface area contributed by atoms with Gasteiger partial charge in [-0.2, -0.15) is 17.5 Å². The summed E-state index contributed by atoms with van der Waals surface area (Å²) < 4.78 is 65.2. The van der Waals surface area contributed by atoms with Crippen LogP contribution >= 0.6 is 0 Å². The number of nitrogens with one attached hydrogen (secondary N) is 1. The molecular weight excluding hydrogens is 415 g/mol. The van der Waals surface area contributed by atoms with Crippen molar-refractivity contribution in [3.05, 3.63) is 58.9 Å². The first-order chi connectivity index (χ1) is 14.1. The van der Waals surface area contributed by atoms with Gasteiger partial charge in [-0.15, -0.1) is 0 Å². The Hall–Kier alpha value is -2.39. The zero-order chi connectivity index (χ0) is 21.7. The van der Waals surface area contributed by atoms with Gasteiger partial charge in [-0.1, -0.05) is 0 Å². The molecule has 9 heteroatoms. The van der Waals surface area contributed by atoms with Crippen molar-refractivity contribution in [2.45, 2.75) is 43.7 Å². The number of aryl methyl sites for hydroxylation is 2. The summed E-state index contributed by atoms with van der Waals surface area (Å²) in [7, 11) is -3.83. The van der Waals surface area contributed by atoms with Gasteiger partial charge in [0.25, 0.3) is 0 Å². The van der Waals surface area contributed by atoms with Gasteiger partial charge in [0.05, 0.1) is 21.5 Å². The van der Waals surface area contributed by atoms with Crippen LogP contribution < -0.4 is 0 Å². The molecule has 1 aliphatic heterocycles. The predicted molar refractivity (Wildman–Crippen MR) is 108 cm³/mol. The first-order valence-corrected chi connectivity index (χ1v) is 11.1. The summed E-state index contributed by atoms with van der Waals surface area (Å²) in [5, 5.41) is 0. The summed E-state index contributed by atoms with van der Waals surface area (Å²) in [6.45, 7) is 4.67.